The zero-order chi connectivity index (χ0) is 17.0. The molecule has 0 radical (unpaired) electrons. The number of aromatic nitrogens is 1. The van der Waals surface area contributed by atoms with Crippen molar-refractivity contribution in [3.05, 3.63) is 52.0 Å². The lowest BCUT2D eigenvalue weighted by Gasteiger charge is -2.35. The van der Waals surface area contributed by atoms with Crippen LogP contribution in [-0.2, 0) is 17.8 Å². The van der Waals surface area contributed by atoms with Crippen LogP contribution in [0.25, 0.3) is 0 Å². The monoisotopic (exact) mass is 343 g/mol. The van der Waals surface area contributed by atoms with Crippen molar-refractivity contribution < 1.29 is 4.79 Å². The number of benzene rings is 1. The van der Waals surface area contributed by atoms with Gasteiger partial charge in [-0.1, -0.05) is 30.3 Å². The first-order chi connectivity index (χ1) is 11.5. The van der Waals surface area contributed by atoms with E-state index in [0.29, 0.717) is 13.0 Å². The van der Waals surface area contributed by atoms with Gasteiger partial charge in [0.1, 0.15) is 0 Å². The van der Waals surface area contributed by atoms with Crippen LogP contribution in [0, 0.1) is 6.92 Å². The molecule has 4 nitrogen and oxygen atoms in total. The molecule has 1 aromatic carbocycles. The van der Waals surface area contributed by atoms with Gasteiger partial charge in [0.15, 0.2) is 0 Å². The molecule has 0 spiro atoms. The standard InChI is InChI=1S/C19H25N3OS/c1-15-21-17(13-24-15)11-18(23)20-14-19(2)9-6-10-22(19)12-16-7-4-3-5-8-16/h3-5,7-8,13H,6,9-12,14H2,1-2H3,(H,20,23)/t19-/m1/s1. The van der Waals surface area contributed by atoms with E-state index in [4.69, 9.17) is 0 Å². The second kappa shape index (κ2) is 7.45. The molecule has 0 unspecified atom stereocenters. The van der Waals surface area contributed by atoms with E-state index in [0.717, 1.165) is 30.2 Å². The Morgan fingerprint density at radius 2 is 2.17 bits per heavy atom. The van der Waals surface area contributed by atoms with E-state index in [2.05, 4.69) is 46.4 Å². The van der Waals surface area contributed by atoms with Crippen LogP contribution < -0.4 is 5.32 Å². The van der Waals surface area contributed by atoms with E-state index < -0.39 is 0 Å². The van der Waals surface area contributed by atoms with E-state index in [1.165, 1.54) is 12.0 Å². The fraction of sp³-hybridized carbons (Fsp3) is 0.474. The summed E-state index contributed by atoms with van der Waals surface area (Å²) in [5, 5.41) is 6.10. The number of thiazole rings is 1. The molecule has 0 bridgehead atoms. The number of hydrogen-bond donors (Lipinski definition) is 1. The smallest absolute Gasteiger partial charge is 0.226 e. The van der Waals surface area contributed by atoms with Crippen LogP contribution in [0.1, 0.15) is 36.0 Å². The topological polar surface area (TPSA) is 45.2 Å². The number of nitrogens with one attached hydrogen (secondary N) is 1. The van der Waals surface area contributed by atoms with Crippen LogP contribution in [0.15, 0.2) is 35.7 Å². The van der Waals surface area contributed by atoms with Gasteiger partial charge < -0.3 is 5.32 Å². The molecule has 2 aromatic rings. The molecule has 1 aliphatic rings. The zero-order valence-corrected chi connectivity index (χ0v) is 15.2. The molecule has 24 heavy (non-hydrogen) atoms. The lowest BCUT2D eigenvalue weighted by atomic mass is 9.98. The highest BCUT2D eigenvalue weighted by Crippen LogP contribution is 2.30. The normalized spacial score (nSPS) is 21.1. The first kappa shape index (κ1) is 17.1. The van der Waals surface area contributed by atoms with Gasteiger partial charge in [0.25, 0.3) is 0 Å². The van der Waals surface area contributed by atoms with Gasteiger partial charge in [0.2, 0.25) is 5.91 Å². The van der Waals surface area contributed by atoms with E-state index in [1.54, 1.807) is 11.3 Å². The number of nitrogens with zero attached hydrogens (tertiary/aromatic N) is 2. The Bertz CT molecular complexity index is 685. The van der Waals surface area contributed by atoms with Gasteiger partial charge in [-0.25, -0.2) is 4.98 Å². The molecular formula is C19H25N3OS. The molecule has 1 amide bonds. The minimum atomic E-state index is 0.0312. The van der Waals surface area contributed by atoms with Gasteiger partial charge in [-0.05, 0) is 38.8 Å². The maximum absolute atomic E-state index is 12.2. The Morgan fingerprint density at radius 1 is 1.38 bits per heavy atom. The van der Waals surface area contributed by atoms with Crippen LogP contribution in [-0.4, -0.2) is 34.4 Å². The third-order valence-corrected chi connectivity index (χ3v) is 5.62. The Morgan fingerprint density at radius 3 is 2.88 bits per heavy atom. The zero-order valence-electron chi connectivity index (χ0n) is 14.4. The molecule has 1 N–H and O–H groups in total. The highest BCUT2D eigenvalue weighted by atomic mass is 32.1. The van der Waals surface area contributed by atoms with Crippen molar-refractivity contribution >= 4 is 17.2 Å². The second-order valence-corrected chi connectivity index (χ2v) is 7.88. The van der Waals surface area contributed by atoms with E-state index in [9.17, 15) is 4.79 Å². The molecule has 1 aromatic heterocycles. The summed E-state index contributed by atoms with van der Waals surface area (Å²) in [6.07, 6.45) is 2.68. The summed E-state index contributed by atoms with van der Waals surface area (Å²) in [6.45, 7) is 6.95. The van der Waals surface area contributed by atoms with E-state index in [1.807, 2.05) is 18.4 Å². The molecule has 3 rings (SSSR count). The van der Waals surface area contributed by atoms with Crippen LogP contribution in [0.4, 0.5) is 0 Å². The van der Waals surface area contributed by atoms with Crippen molar-refractivity contribution in [3.8, 4) is 0 Å². The third-order valence-electron chi connectivity index (χ3n) is 4.80. The number of likely N-dealkylation sites (tertiary alicyclic amines) is 1. The molecule has 2 heterocycles. The molecular weight excluding hydrogens is 318 g/mol. The summed E-state index contributed by atoms with van der Waals surface area (Å²) in [7, 11) is 0. The van der Waals surface area contributed by atoms with Crippen LogP contribution in [0.2, 0.25) is 0 Å². The maximum Gasteiger partial charge on any atom is 0.226 e. The molecule has 5 heteroatoms. The van der Waals surface area contributed by atoms with Gasteiger partial charge in [-0.3, -0.25) is 9.69 Å². The molecule has 0 saturated carbocycles. The van der Waals surface area contributed by atoms with Crippen molar-refractivity contribution in [3.63, 3.8) is 0 Å². The minimum Gasteiger partial charge on any atom is -0.354 e. The largest absolute Gasteiger partial charge is 0.354 e. The van der Waals surface area contributed by atoms with Crippen LogP contribution in [0.5, 0.6) is 0 Å². The predicted molar refractivity (Wildman–Crippen MR) is 98.1 cm³/mol. The summed E-state index contributed by atoms with van der Waals surface area (Å²) in [4.78, 5) is 19.1. The van der Waals surface area contributed by atoms with Gasteiger partial charge in [0.05, 0.1) is 17.1 Å². The molecule has 1 saturated heterocycles. The van der Waals surface area contributed by atoms with Gasteiger partial charge in [-0.2, -0.15) is 0 Å². The quantitative estimate of drug-likeness (QED) is 0.876. The first-order valence-electron chi connectivity index (χ1n) is 8.52. The van der Waals surface area contributed by atoms with Crippen molar-refractivity contribution in [1.82, 2.24) is 15.2 Å². The number of aryl methyl sites for hydroxylation is 1. The van der Waals surface area contributed by atoms with E-state index >= 15 is 0 Å². The fourth-order valence-corrected chi connectivity index (χ4v) is 3.97. The highest BCUT2D eigenvalue weighted by molar-refractivity contribution is 7.09. The summed E-state index contributed by atoms with van der Waals surface area (Å²) in [6, 6.07) is 10.6. The Labute approximate surface area is 147 Å². The maximum atomic E-state index is 12.2. The third kappa shape index (κ3) is 4.22. The predicted octanol–water partition coefficient (Wildman–Crippen LogP) is 3.16. The fourth-order valence-electron chi connectivity index (χ4n) is 3.36. The minimum absolute atomic E-state index is 0.0312. The SMILES string of the molecule is Cc1nc(CC(=O)NC[C@@]2(C)CCCN2Cc2ccccc2)cs1. The van der Waals surface area contributed by atoms with Crippen molar-refractivity contribution in [2.24, 2.45) is 0 Å². The number of carbonyl (C=O) groups excluding carboxylic acids is 1. The van der Waals surface area contributed by atoms with Crippen molar-refractivity contribution in [2.75, 3.05) is 13.1 Å². The average molecular weight is 343 g/mol. The summed E-state index contributed by atoms with van der Waals surface area (Å²) >= 11 is 1.59. The summed E-state index contributed by atoms with van der Waals surface area (Å²) in [5.74, 6) is 0.0630. The van der Waals surface area contributed by atoms with E-state index in [-0.39, 0.29) is 11.4 Å². The first-order valence-corrected chi connectivity index (χ1v) is 9.40. The number of hydrogen-bond acceptors (Lipinski definition) is 4. The highest BCUT2D eigenvalue weighted by Gasteiger charge is 2.36. The second-order valence-electron chi connectivity index (χ2n) is 6.82. The lowest BCUT2D eigenvalue weighted by molar-refractivity contribution is -0.121. The number of rotatable bonds is 6. The Kier molecular flexibility index (Phi) is 5.31. The molecule has 1 aliphatic heterocycles. The molecule has 128 valence electrons. The summed E-state index contributed by atoms with van der Waals surface area (Å²) < 4.78 is 0. The molecule has 1 atom stereocenters. The van der Waals surface area contributed by atoms with Gasteiger partial charge >= 0.3 is 0 Å². The lowest BCUT2D eigenvalue weighted by Crippen LogP contribution is -2.49. The molecule has 1 fully saturated rings. The average Bonchev–Trinajstić information content (AvgIpc) is 3.13. The van der Waals surface area contributed by atoms with Crippen molar-refractivity contribution in [2.45, 2.75) is 45.2 Å². The summed E-state index contributed by atoms with van der Waals surface area (Å²) in [5.41, 5.74) is 2.23. The Hall–Kier alpha value is -1.72. The molecule has 0 aliphatic carbocycles. The Balaban J connectivity index is 1.55. The van der Waals surface area contributed by atoms with Crippen LogP contribution in [0.3, 0.4) is 0 Å². The van der Waals surface area contributed by atoms with Crippen LogP contribution >= 0.6 is 11.3 Å². The number of amides is 1. The number of carbonyl (C=O) groups is 1. The van der Waals surface area contributed by atoms with Gasteiger partial charge in [-0.15, -0.1) is 11.3 Å². The van der Waals surface area contributed by atoms with Gasteiger partial charge in [0, 0.05) is 24.0 Å². The van der Waals surface area contributed by atoms with Crippen molar-refractivity contribution in [1.29, 1.82) is 0 Å².